The lowest BCUT2D eigenvalue weighted by Gasteiger charge is -2.18. The van der Waals surface area contributed by atoms with Crippen molar-refractivity contribution < 1.29 is 5.11 Å². The molecular weight excluding hydrogens is 210 g/mol. The number of fused-ring (bicyclic) bond motifs is 1. The molecule has 17 heavy (non-hydrogen) atoms. The van der Waals surface area contributed by atoms with Crippen molar-refractivity contribution in [1.29, 1.82) is 0 Å². The van der Waals surface area contributed by atoms with E-state index in [1.54, 1.807) is 0 Å². The molecule has 0 amide bonds. The van der Waals surface area contributed by atoms with Gasteiger partial charge in [-0.15, -0.1) is 0 Å². The molecular formula is C15H15NO. The van der Waals surface area contributed by atoms with Crippen LogP contribution in [0.5, 0.6) is 0 Å². The van der Waals surface area contributed by atoms with Crippen molar-refractivity contribution in [3.05, 3.63) is 48.2 Å². The first-order valence-electron chi connectivity index (χ1n) is 6.07. The lowest BCUT2D eigenvalue weighted by Crippen LogP contribution is -2.08. The van der Waals surface area contributed by atoms with E-state index in [1.165, 1.54) is 11.1 Å². The standard InChI is InChI=1S/C15H15NO/c17-13-7-1-5-12(10-13)14-8-2-4-11-6-3-9-16-15(11)14/h2-4,6,8-10,13,17H,1,5,7H2. The van der Waals surface area contributed by atoms with Crippen molar-refractivity contribution in [3.8, 4) is 0 Å². The molecule has 1 aliphatic carbocycles. The molecule has 0 fully saturated rings. The second-order valence-corrected chi connectivity index (χ2v) is 4.53. The van der Waals surface area contributed by atoms with Gasteiger partial charge in [0.05, 0.1) is 11.6 Å². The van der Waals surface area contributed by atoms with E-state index >= 15 is 0 Å². The zero-order chi connectivity index (χ0) is 11.7. The highest BCUT2D eigenvalue weighted by Gasteiger charge is 2.14. The first kappa shape index (κ1) is 10.5. The topological polar surface area (TPSA) is 33.1 Å². The lowest BCUT2D eigenvalue weighted by molar-refractivity contribution is 0.206. The van der Waals surface area contributed by atoms with E-state index in [0.29, 0.717) is 0 Å². The third-order valence-corrected chi connectivity index (χ3v) is 3.32. The number of aliphatic hydroxyl groups excluding tert-OH is 1. The van der Waals surface area contributed by atoms with Gasteiger partial charge in [-0.3, -0.25) is 4.98 Å². The average Bonchev–Trinajstić information content (AvgIpc) is 2.38. The van der Waals surface area contributed by atoms with Crippen LogP contribution in [-0.2, 0) is 0 Å². The lowest BCUT2D eigenvalue weighted by atomic mass is 9.91. The average molecular weight is 225 g/mol. The molecule has 1 N–H and O–H groups in total. The third kappa shape index (κ3) is 1.96. The molecule has 1 aliphatic rings. The minimum atomic E-state index is -0.294. The largest absolute Gasteiger partial charge is 0.389 e. The summed E-state index contributed by atoms with van der Waals surface area (Å²) in [6.45, 7) is 0. The molecule has 1 atom stereocenters. The van der Waals surface area contributed by atoms with Gasteiger partial charge in [0, 0.05) is 17.1 Å². The van der Waals surface area contributed by atoms with Gasteiger partial charge in [-0.05, 0) is 30.9 Å². The molecule has 0 saturated heterocycles. The summed E-state index contributed by atoms with van der Waals surface area (Å²) >= 11 is 0. The van der Waals surface area contributed by atoms with Gasteiger partial charge in [0.15, 0.2) is 0 Å². The Morgan fingerprint density at radius 2 is 2.06 bits per heavy atom. The molecule has 0 aliphatic heterocycles. The van der Waals surface area contributed by atoms with Crippen LogP contribution in [0.4, 0.5) is 0 Å². The molecule has 0 saturated carbocycles. The Morgan fingerprint density at radius 3 is 2.94 bits per heavy atom. The predicted molar refractivity (Wildman–Crippen MR) is 69.6 cm³/mol. The summed E-state index contributed by atoms with van der Waals surface area (Å²) in [6, 6.07) is 10.3. The summed E-state index contributed by atoms with van der Waals surface area (Å²) in [4.78, 5) is 4.46. The number of rotatable bonds is 1. The monoisotopic (exact) mass is 225 g/mol. The summed E-state index contributed by atoms with van der Waals surface area (Å²) in [5.74, 6) is 0. The van der Waals surface area contributed by atoms with Crippen molar-refractivity contribution in [3.63, 3.8) is 0 Å². The van der Waals surface area contributed by atoms with Gasteiger partial charge in [0.1, 0.15) is 0 Å². The molecule has 1 unspecified atom stereocenters. The molecule has 1 heterocycles. The normalized spacial score (nSPS) is 20.3. The van der Waals surface area contributed by atoms with Crippen LogP contribution in [0, 0.1) is 0 Å². The highest BCUT2D eigenvalue weighted by Crippen LogP contribution is 2.30. The van der Waals surface area contributed by atoms with E-state index in [-0.39, 0.29) is 6.10 Å². The fourth-order valence-corrected chi connectivity index (χ4v) is 2.49. The van der Waals surface area contributed by atoms with Crippen molar-refractivity contribution in [1.82, 2.24) is 4.98 Å². The molecule has 3 rings (SSSR count). The maximum Gasteiger partial charge on any atom is 0.0776 e. The first-order chi connectivity index (χ1) is 8.34. The number of aromatic nitrogens is 1. The van der Waals surface area contributed by atoms with Gasteiger partial charge < -0.3 is 5.11 Å². The van der Waals surface area contributed by atoms with Gasteiger partial charge in [-0.1, -0.05) is 30.3 Å². The van der Waals surface area contributed by atoms with Crippen LogP contribution >= 0.6 is 0 Å². The minimum absolute atomic E-state index is 0.294. The van der Waals surface area contributed by atoms with E-state index in [1.807, 2.05) is 18.3 Å². The Bertz CT molecular complexity index is 569. The number of allylic oxidation sites excluding steroid dienone is 1. The quantitative estimate of drug-likeness (QED) is 0.808. The molecule has 86 valence electrons. The molecule has 2 aromatic rings. The highest BCUT2D eigenvalue weighted by atomic mass is 16.3. The van der Waals surface area contributed by atoms with Crippen molar-refractivity contribution in [2.45, 2.75) is 25.4 Å². The van der Waals surface area contributed by atoms with E-state index in [4.69, 9.17) is 0 Å². The van der Waals surface area contributed by atoms with Gasteiger partial charge in [0.2, 0.25) is 0 Å². The van der Waals surface area contributed by atoms with Crippen LogP contribution in [0.25, 0.3) is 16.5 Å². The Labute approximate surface area is 101 Å². The zero-order valence-electron chi connectivity index (χ0n) is 9.63. The van der Waals surface area contributed by atoms with Crippen molar-refractivity contribution >= 4 is 16.5 Å². The van der Waals surface area contributed by atoms with Crippen LogP contribution in [0.2, 0.25) is 0 Å². The molecule has 0 radical (unpaired) electrons. The fraction of sp³-hybridized carbons (Fsp3) is 0.267. The highest BCUT2D eigenvalue weighted by molar-refractivity contribution is 5.90. The number of para-hydroxylation sites is 1. The Morgan fingerprint density at radius 1 is 1.18 bits per heavy atom. The van der Waals surface area contributed by atoms with Crippen LogP contribution in [-0.4, -0.2) is 16.2 Å². The molecule has 1 aromatic carbocycles. The van der Waals surface area contributed by atoms with Crippen molar-refractivity contribution in [2.75, 3.05) is 0 Å². The Hall–Kier alpha value is -1.67. The van der Waals surface area contributed by atoms with Crippen molar-refractivity contribution in [2.24, 2.45) is 0 Å². The predicted octanol–water partition coefficient (Wildman–Crippen LogP) is 3.16. The van der Waals surface area contributed by atoms with E-state index < -0.39 is 0 Å². The zero-order valence-corrected chi connectivity index (χ0v) is 9.63. The summed E-state index contributed by atoms with van der Waals surface area (Å²) in [7, 11) is 0. The van der Waals surface area contributed by atoms with Crippen LogP contribution in [0.1, 0.15) is 24.8 Å². The second kappa shape index (κ2) is 4.30. The molecule has 2 heteroatoms. The number of benzene rings is 1. The summed E-state index contributed by atoms with van der Waals surface area (Å²) in [5.41, 5.74) is 3.44. The second-order valence-electron chi connectivity index (χ2n) is 4.53. The van der Waals surface area contributed by atoms with E-state index in [9.17, 15) is 5.11 Å². The van der Waals surface area contributed by atoms with Crippen LogP contribution in [0.15, 0.2) is 42.6 Å². The minimum Gasteiger partial charge on any atom is -0.389 e. The van der Waals surface area contributed by atoms with E-state index in [2.05, 4.69) is 29.2 Å². The summed E-state index contributed by atoms with van der Waals surface area (Å²) in [6.07, 6.45) is 6.47. The number of hydrogen-bond acceptors (Lipinski definition) is 2. The van der Waals surface area contributed by atoms with Gasteiger partial charge in [-0.2, -0.15) is 0 Å². The Kier molecular flexibility index (Phi) is 2.65. The number of pyridine rings is 1. The van der Waals surface area contributed by atoms with E-state index in [0.717, 1.165) is 30.2 Å². The number of hydrogen-bond donors (Lipinski definition) is 1. The van der Waals surface area contributed by atoms with Gasteiger partial charge in [0.25, 0.3) is 0 Å². The van der Waals surface area contributed by atoms with Crippen LogP contribution < -0.4 is 0 Å². The first-order valence-corrected chi connectivity index (χ1v) is 6.07. The maximum absolute atomic E-state index is 9.72. The molecule has 0 bridgehead atoms. The summed E-state index contributed by atoms with van der Waals surface area (Å²) < 4.78 is 0. The summed E-state index contributed by atoms with van der Waals surface area (Å²) in [5, 5.41) is 10.9. The Balaban J connectivity index is 2.17. The fourth-order valence-electron chi connectivity index (χ4n) is 2.49. The third-order valence-electron chi connectivity index (χ3n) is 3.32. The molecule has 0 spiro atoms. The smallest absolute Gasteiger partial charge is 0.0776 e. The maximum atomic E-state index is 9.72. The van der Waals surface area contributed by atoms with Crippen LogP contribution in [0.3, 0.4) is 0 Å². The molecule has 2 nitrogen and oxygen atoms in total. The number of nitrogens with zero attached hydrogens (tertiary/aromatic N) is 1. The molecule has 1 aromatic heterocycles. The van der Waals surface area contributed by atoms with Gasteiger partial charge in [-0.25, -0.2) is 0 Å². The van der Waals surface area contributed by atoms with Gasteiger partial charge >= 0.3 is 0 Å². The SMILES string of the molecule is OC1C=C(c2cccc3cccnc23)CCC1. The number of aliphatic hydroxyl groups is 1.